The summed E-state index contributed by atoms with van der Waals surface area (Å²) in [5, 5.41) is 3.50. The molecule has 1 atom stereocenters. The molecule has 1 nitrogen and oxygen atoms in total. The van der Waals surface area contributed by atoms with Crippen molar-refractivity contribution < 1.29 is 0 Å². The Bertz CT molecular complexity index is 565. The monoisotopic (exact) mass is 303 g/mol. The molecular formula is C17H21NS2. The van der Waals surface area contributed by atoms with Gasteiger partial charge in [0.05, 0.1) is 0 Å². The number of benzene rings is 1. The maximum Gasteiger partial charge on any atom is 0.0453 e. The zero-order chi connectivity index (χ0) is 13.9. The van der Waals surface area contributed by atoms with Gasteiger partial charge in [-0.15, -0.1) is 11.3 Å². The topological polar surface area (TPSA) is 12.0 Å². The molecule has 0 saturated carbocycles. The van der Waals surface area contributed by atoms with Crippen LogP contribution in [0.4, 0.5) is 0 Å². The van der Waals surface area contributed by atoms with Gasteiger partial charge in [0.25, 0.3) is 0 Å². The van der Waals surface area contributed by atoms with E-state index >= 15 is 0 Å². The fourth-order valence-electron chi connectivity index (χ4n) is 2.76. The minimum atomic E-state index is 0.442. The van der Waals surface area contributed by atoms with Crippen LogP contribution in [-0.4, -0.2) is 12.8 Å². The molecule has 1 aromatic heterocycles. The standard InChI is InChI=1S/C17H21NS2/c1-12-4-3-5-13(8-12)9-15(18-2)17-10-14-11-19-7-6-16(14)20-17/h3-5,8,10,15,18H,6-7,9,11H2,1-2H3. The van der Waals surface area contributed by atoms with Gasteiger partial charge in [-0.25, -0.2) is 0 Å². The molecule has 106 valence electrons. The van der Waals surface area contributed by atoms with Crippen molar-refractivity contribution in [1.82, 2.24) is 5.32 Å². The second-order valence-electron chi connectivity index (χ2n) is 5.43. The van der Waals surface area contributed by atoms with Crippen LogP contribution >= 0.6 is 23.1 Å². The second kappa shape index (κ2) is 6.33. The predicted molar refractivity (Wildman–Crippen MR) is 90.9 cm³/mol. The Morgan fingerprint density at radius 3 is 2.95 bits per heavy atom. The molecule has 1 aliphatic heterocycles. The molecule has 0 spiro atoms. The fraction of sp³-hybridized carbons (Fsp3) is 0.412. The third kappa shape index (κ3) is 3.11. The normalized spacial score (nSPS) is 15.9. The maximum absolute atomic E-state index is 3.50. The lowest BCUT2D eigenvalue weighted by Gasteiger charge is -2.15. The molecule has 0 radical (unpaired) electrons. The molecule has 20 heavy (non-hydrogen) atoms. The number of likely N-dealkylation sites (N-methyl/N-ethyl adjacent to an activating group) is 1. The Morgan fingerprint density at radius 2 is 2.20 bits per heavy atom. The van der Waals surface area contributed by atoms with Crippen molar-refractivity contribution in [3.05, 3.63) is 56.8 Å². The van der Waals surface area contributed by atoms with Gasteiger partial charge in [0.2, 0.25) is 0 Å². The highest BCUT2D eigenvalue weighted by atomic mass is 32.2. The minimum Gasteiger partial charge on any atom is -0.312 e. The van der Waals surface area contributed by atoms with Crippen molar-refractivity contribution in [3.8, 4) is 0 Å². The largest absolute Gasteiger partial charge is 0.312 e. The first-order valence-electron chi connectivity index (χ1n) is 7.18. The third-order valence-corrected chi connectivity index (χ3v) is 6.22. The van der Waals surface area contributed by atoms with Crippen LogP contribution in [0.3, 0.4) is 0 Å². The van der Waals surface area contributed by atoms with E-state index in [1.54, 1.807) is 10.4 Å². The van der Waals surface area contributed by atoms with Crippen LogP contribution in [0.5, 0.6) is 0 Å². The molecular weight excluding hydrogens is 282 g/mol. The van der Waals surface area contributed by atoms with Crippen molar-refractivity contribution in [2.75, 3.05) is 12.8 Å². The van der Waals surface area contributed by atoms with Crippen molar-refractivity contribution in [3.63, 3.8) is 0 Å². The van der Waals surface area contributed by atoms with Crippen LogP contribution in [0.2, 0.25) is 0 Å². The van der Waals surface area contributed by atoms with Gasteiger partial charge in [0.1, 0.15) is 0 Å². The number of aryl methyl sites for hydroxylation is 2. The zero-order valence-corrected chi connectivity index (χ0v) is 13.7. The summed E-state index contributed by atoms with van der Waals surface area (Å²) in [5.74, 6) is 2.49. The quantitative estimate of drug-likeness (QED) is 0.901. The maximum atomic E-state index is 3.50. The number of nitrogens with one attached hydrogen (secondary N) is 1. The Kier molecular flexibility index (Phi) is 4.49. The van der Waals surface area contributed by atoms with E-state index in [2.05, 4.69) is 61.4 Å². The number of fused-ring (bicyclic) bond motifs is 1. The highest BCUT2D eigenvalue weighted by molar-refractivity contribution is 7.98. The zero-order valence-electron chi connectivity index (χ0n) is 12.1. The SMILES string of the molecule is CNC(Cc1cccc(C)c1)c1cc2c(s1)CCSC2. The first kappa shape index (κ1) is 14.2. The smallest absolute Gasteiger partial charge is 0.0453 e. The van der Waals surface area contributed by atoms with E-state index in [-0.39, 0.29) is 0 Å². The summed E-state index contributed by atoms with van der Waals surface area (Å²) in [4.78, 5) is 3.12. The van der Waals surface area contributed by atoms with Gasteiger partial charge >= 0.3 is 0 Å². The van der Waals surface area contributed by atoms with Gasteiger partial charge < -0.3 is 5.32 Å². The molecule has 1 aromatic carbocycles. The summed E-state index contributed by atoms with van der Waals surface area (Å²) in [7, 11) is 2.08. The Hall–Kier alpha value is -0.770. The lowest BCUT2D eigenvalue weighted by molar-refractivity contribution is 0.602. The molecule has 0 aliphatic carbocycles. The lowest BCUT2D eigenvalue weighted by Crippen LogP contribution is -2.17. The van der Waals surface area contributed by atoms with Crippen LogP contribution in [0.25, 0.3) is 0 Å². The minimum absolute atomic E-state index is 0.442. The van der Waals surface area contributed by atoms with Crippen molar-refractivity contribution in [1.29, 1.82) is 0 Å². The predicted octanol–water partition coefficient (Wildman–Crippen LogP) is 4.35. The van der Waals surface area contributed by atoms with Gasteiger partial charge in [-0.05, 0) is 49.8 Å². The molecule has 1 N–H and O–H groups in total. The average Bonchev–Trinajstić information content (AvgIpc) is 2.88. The van der Waals surface area contributed by atoms with E-state index in [4.69, 9.17) is 0 Å². The molecule has 0 saturated heterocycles. The van der Waals surface area contributed by atoms with E-state index in [1.807, 2.05) is 11.3 Å². The number of hydrogen-bond donors (Lipinski definition) is 1. The number of rotatable bonds is 4. The number of thiophene rings is 1. The summed E-state index contributed by atoms with van der Waals surface area (Å²) in [5.41, 5.74) is 4.34. The van der Waals surface area contributed by atoms with E-state index < -0.39 is 0 Å². The molecule has 1 unspecified atom stereocenters. The highest BCUT2D eigenvalue weighted by Gasteiger charge is 2.18. The first-order valence-corrected chi connectivity index (χ1v) is 9.15. The van der Waals surface area contributed by atoms with Gasteiger partial charge in [0, 0.05) is 21.5 Å². The van der Waals surface area contributed by atoms with E-state index in [1.165, 1.54) is 33.9 Å². The van der Waals surface area contributed by atoms with Crippen LogP contribution in [0.1, 0.15) is 32.5 Å². The lowest BCUT2D eigenvalue weighted by atomic mass is 10.0. The Labute approximate surface area is 129 Å². The van der Waals surface area contributed by atoms with Gasteiger partial charge in [0.15, 0.2) is 0 Å². The molecule has 0 fully saturated rings. The van der Waals surface area contributed by atoms with E-state index in [0.717, 1.165) is 6.42 Å². The summed E-state index contributed by atoms with van der Waals surface area (Å²) in [6.45, 7) is 2.17. The third-order valence-electron chi connectivity index (χ3n) is 3.86. The first-order chi connectivity index (χ1) is 9.76. The summed E-state index contributed by atoms with van der Waals surface area (Å²) in [6, 6.07) is 11.7. The molecule has 3 heteroatoms. The van der Waals surface area contributed by atoms with Crippen molar-refractivity contribution in [2.24, 2.45) is 0 Å². The Balaban J connectivity index is 1.81. The fourth-order valence-corrected chi connectivity index (χ4v) is 5.25. The van der Waals surface area contributed by atoms with E-state index in [0.29, 0.717) is 6.04 Å². The molecule has 0 amide bonds. The van der Waals surface area contributed by atoms with E-state index in [9.17, 15) is 0 Å². The molecule has 0 bridgehead atoms. The summed E-state index contributed by atoms with van der Waals surface area (Å²) in [6.07, 6.45) is 2.33. The summed E-state index contributed by atoms with van der Waals surface area (Å²) >= 11 is 4.08. The molecule has 2 heterocycles. The Morgan fingerprint density at radius 1 is 1.30 bits per heavy atom. The average molecular weight is 303 g/mol. The second-order valence-corrected chi connectivity index (χ2v) is 7.71. The molecule has 1 aliphatic rings. The molecule has 3 rings (SSSR count). The van der Waals surface area contributed by atoms with Gasteiger partial charge in [-0.1, -0.05) is 29.8 Å². The van der Waals surface area contributed by atoms with Gasteiger partial charge in [-0.2, -0.15) is 11.8 Å². The van der Waals surface area contributed by atoms with Crippen molar-refractivity contribution >= 4 is 23.1 Å². The van der Waals surface area contributed by atoms with Crippen LogP contribution in [0.15, 0.2) is 30.3 Å². The number of thioether (sulfide) groups is 1. The molecule has 2 aromatic rings. The van der Waals surface area contributed by atoms with Crippen LogP contribution in [-0.2, 0) is 18.6 Å². The summed E-state index contributed by atoms with van der Waals surface area (Å²) < 4.78 is 0. The van der Waals surface area contributed by atoms with Crippen molar-refractivity contribution in [2.45, 2.75) is 31.6 Å². The van der Waals surface area contributed by atoms with Gasteiger partial charge in [-0.3, -0.25) is 0 Å². The number of hydrogen-bond acceptors (Lipinski definition) is 3. The van der Waals surface area contributed by atoms with Crippen LogP contribution < -0.4 is 5.32 Å². The van der Waals surface area contributed by atoms with Crippen LogP contribution in [0, 0.1) is 6.92 Å². The highest BCUT2D eigenvalue weighted by Crippen LogP contribution is 2.35.